The van der Waals surface area contributed by atoms with E-state index >= 15 is 0 Å². The van der Waals surface area contributed by atoms with Gasteiger partial charge in [0.1, 0.15) is 0 Å². The van der Waals surface area contributed by atoms with Crippen LogP contribution in [0.25, 0.3) is 17.7 Å². The number of carboxylic acids is 1. The van der Waals surface area contributed by atoms with Gasteiger partial charge in [0.15, 0.2) is 6.10 Å². The molecule has 1 unspecified atom stereocenters. The SMILES string of the molecule is Cc1c(C2=CCCCC2)c(C(OC(C)(C)C)C(=O)O)n(C)c(=O)c1/C=C/c1ccccc1. The first-order valence-electron chi connectivity index (χ1n) is 11.2. The lowest BCUT2D eigenvalue weighted by Crippen LogP contribution is -2.34. The van der Waals surface area contributed by atoms with Crippen LogP contribution < -0.4 is 5.56 Å². The van der Waals surface area contributed by atoms with E-state index in [0.717, 1.165) is 47.9 Å². The van der Waals surface area contributed by atoms with Crippen LogP contribution in [-0.4, -0.2) is 21.2 Å². The lowest BCUT2D eigenvalue weighted by molar-refractivity contribution is -0.161. The van der Waals surface area contributed by atoms with E-state index in [1.807, 2.05) is 70.2 Å². The summed E-state index contributed by atoms with van der Waals surface area (Å²) in [6.45, 7) is 7.38. The maximum atomic E-state index is 13.4. The number of carbonyl (C=O) groups is 1. The van der Waals surface area contributed by atoms with Crippen LogP contribution in [-0.2, 0) is 16.6 Å². The van der Waals surface area contributed by atoms with Crippen molar-refractivity contribution in [2.75, 3.05) is 0 Å². The molecule has 32 heavy (non-hydrogen) atoms. The van der Waals surface area contributed by atoms with Gasteiger partial charge >= 0.3 is 5.97 Å². The highest BCUT2D eigenvalue weighted by molar-refractivity contribution is 5.82. The zero-order chi connectivity index (χ0) is 23.5. The summed E-state index contributed by atoms with van der Waals surface area (Å²) >= 11 is 0. The molecule has 1 atom stereocenters. The zero-order valence-electron chi connectivity index (χ0n) is 19.6. The van der Waals surface area contributed by atoms with Crippen LogP contribution in [0.2, 0.25) is 0 Å². The Morgan fingerprint density at radius 2 is 1.84 bits per heavy atom. The Morgan fingerprint density at radius 3 is 2.41 bits per heavy atom. The number of aliphatic carboxylic acids is 1. The molecule has 0 fully saturated rings. The standard InChI is InChI=1S/C27H33NO4/c1-18-21(17-16-19-12-8-6-9-13-19)25(29)28(5)23(22(18)20-14-10-7-11-15-20)24(26(30)31)32-27(2,3)4/h6,8-9,12-14,16-17,24H,7,10-11,15H2,1-5H3,(H,30,31)/b17-16+. The molecular weight excluding hydrogens is 402 g/mol. The van der Waals surface area contributed by atoms with Crippen molar-refractivity contribution in [3.8, 4) is 0 Å². The molecule has 0 amide bonds. The molecule has 5 nitrogen and oxygen atoms in total. The topological polar surface area (TPSA) is 68.5 Å². The quantitative estimate of drug-likeness (QED) is 0.626. The van der Waals surface area contributed by atoms with Crippen LogP contribution in [0.3, 0.4) is 0 Å². The number of benzene rings is 1. The van der Waals surface area contributed by atoms with E-state index in [2.05, 4.69) is 6.08 Å². The van der Waals surface area contributed by atoms with Gasteiger partial charge in [-0.15, -0.1) is 0 Å². The first kappa shape index (κ1) is 23.7. The lowest BCUT2D eigenvalue weighted by Gasteiger charge is -2.30. The molecule has 1 aromatic carbocycles. The molecule has 0 bridgehead atoms. The van der Waals surface area contributed by atoms with Crippen LogP contribution in [0, 0.1) is 6.92 Å². The molecule has 3 rings (SSSR count). The number of allylic oxidation sites excluding steroid dienone is 2. The van der Waals surface area contributed by atoms with Crippen molar-refractivity contribution in [2.45, 2.75) is 65.1 Å². The molecule has 5 heteroatoms. The normalized spacial score (nSPS) is 15.6. The Hall–Kier alpha value is -2.92. The second kappa shape index (κ2) is 9.70. The van der Waals surface area contributed by atoms with Crippen molar-refractivity contribution in [1.29, 1.82) is 0 Å². The summed E-state index contributed by atoms with van der Waals surface area (Å²) in [5, 5.41) is 10.1. The van der Waals surface area contributed by atoms with E-state index in [9.17, 15) is 14.7 Å². The van der Waals surface area contributed by atoms with E-state index in [-0.39, 0.29) is 5.56 Å². The lowest BCUT2D eigenvalue weighted by atomic mass is 9.86. The molecule has 0 aliphatic heterocycles. The summed E-state index contributed by atoms with van der Waals surface area (Å²) in [4.78, 5) is 25.7. The van der Waals surface area contributed by atoms with Crippen molar-refractivity contribution in [3.63, 3.8) is 0 Å². The van der Waals surface area contributed by atoms with Gasteiger partial charge in [0.2, 0.25) is 0 Å². The third-order valence-corrected chi connectivity index (χ3v) is 5.73. The Morgan fingerprint density at radius 1 is 1.16 bits per heavy atom. The minimum Gasteiger partial charge on any atom is -0.479 e. The summed E-state index contributed by atoms with van der Waals surface area (Å²) in [6, 6.07) is 9.81. The fourth-order valence-electron chi connectivity index (χ4n) is 4.24. The van der Waals surface area contributed by atoms with Crippen LogP contribution in [0.4, 0.5) is 0 Å². The number of nitrogens with zero attached hydrogens (tertiary/aromatic N) is 1. The Kier molecular flexibility index (Phi) is 7.19. The summed E-state index contributed by atoms with van der Waals surface area (Å²) in [7, 11) is 1.64. The molecule has 0 saturated carbocycles. The second-order valence-corrected chi connectivity index (χ2v) is 9.33. The van der Waals surface area contributed by atoms with Crippen LogP contribution in [0.1, 0.15) is 80.5 Å². The van der Waals surface area contributed by atoms with Gasteiger partial charge in [0, 0.05) is 18.2 Å². The van der Waals surface area contributed by atoms with Crippen molar-refractivity contribution in [1.82, 2.24) is 4.57 Å². The number of hydrogen-bond acceptors (Lipinski definition) is 3. The van der Waals surface area contributed by atoms with Gasteiger partial charge in [-0.1, -0.05) is 42.5 Å². The molecule has 0 saturated heterocycles. The highest BCUT2D eigenvalue weighted by Gasteiger charge is 2.33. The molecule has 0 radical (unpaired) electrons. The first-order valence-corrected chi connectivity index (χ1v) is 11.2. The molecular formula is C27H33NO4. The van der Waals surface area contributed by atoms with Crippen molar-refractivity contribution in [3.05, 3.63) is 74.7 Å². The first-order chi connectivity index (χ1) is 15.1. The molecule has 1 aliphatic carbocycles. The maximum Gasteiger partial charge on any atom is 0.339 e. The van der Waals surface area contributed by atoms with Crippen molar-refractivity contribution >= 4 is 23.7 Å². The largest absolute Gasteiger partial charge is 0.479 e. The highest BCUT2D eigenvalue weighted by Crippen LogP contribution is 2.37. The number of aromatic nitrogens is 1. The van der Waals surface area contributed by atoms with Crippen LogP contribution in [0.15, 0.2) is 41.2 Å². The summed E-state index contributed by atoms with van der Waals surface area (Å²) in [5.41, 5.74) is 3.80. The maximum absolute atomic E-state index is 13.4. The number of rotatable bonds is 6. The molecule has 1 heterocycles. The van der Waals surface area contributed by atoms with Crippen molar-refractivity contribution < 1.29 is 14.6 Å². The molecule has 170 valence electrons. The Bertz CT molecular complexity index is 1100. The number of carboxylic acid groups (broad SMARTS) is 1. The fourth-order valence-corrected chi connectivity index (χ4v) is 4.24. The summed E-state index contributed by atoms with van der Waals surface area (Å²) in [5.74, 6) is -1.10. The smallest absolute Gasteiger partial charge is 0.339 e. The van der Waals surface area contributed by atoms with Gasteiger partial charge in [-0.25, -0.2) is 4.79 Å². The van der Waals surface area contributed by atoms with E-state index < -0.39 is 17.7 Å². The van der Waals surface area contributed by atoms with Crippen LogP contribution in [0.5, 0.6) is 0 Å². The zero-order valence-corrected chi connectivity index (χ0v) is 19.6. The number of ether oxygens (including phenoxy) is 1. The monoisotopic (exact) mass is 435 g/mol. The average Bonchev–Trinajstić information content (AvgIpc) is 2.75. The summed E-state index contributed by atoms with van der Waals surface area (Å²) < 4.78 is 7.44. The third kappa shape index (κ3) is 5.28. The van der Waals surface area contributed by atoms with Gasteiger partial charge in [-0.2, -0.15) is 0 Å². The second-order valence-electron chi connectivity index (χ2n) is 9.33. The van der Waals surface area contributed by atoms with Crippen LogP contribution >= 0.6 is 0 Å². The van der Waals surface area contributed by atoms with Gasteiger partial charge in [0.05, 0.1) is 11.3 Å². The predicted molar refractivity (Wildman–Crippen MR) is 129 cm³/mol. The van der Waals surface area contributed by atoms with E-state index in [1.54, 1.807) is 7.05 Å². The highest BCUT2D eigenvalue weighted by atomic mass is 16.5. The Labute approximate surface area is 190 Å². The fraction of sp³-hybridized carbons (Fsp3) is 0.407. The molecule has 1 N–H and O–H groups in total. The van der Waals surface area contributed by atoms with E-state index in [1.165, 1.54) is 4.57 Å². The number of pyridine rings is 1. The molecule has 1 aliphatic rings. The van der Waals surface area contributed by atoms with Gasteiger partial charge in [0.25, 0.3) is 5.56 Å². The van der Waals surface area contributed by atoms with Crippen molar-refractivity contribution in [2.24, 2.45) is 7.05 Å². The molecule has 1 aromatic heterocycles. The van der Waals surface area contributed by atoms with E-state index in [4.69, 9.17) is 4.74 Å². The van der Waals surface area contributed by atoms with Gasteiger partial charge in [-0.3, -0.25) is 4.79 Å². The third-order valence-electron chi connectivity index (χ3n) is 5.73. The molecule has 0 spiro atoms. The minimum absolute atomic E-state index is 0.228. The predicted octanol–water partition coefficient (Wildman–Crippen LogP) is 5.76. The van der Waals surface area contributed by atoms with Gasteiger partial charge < -0.3 is 14.4 Å². The summed E-state index contributed by atoms with van der Waals surface area (Å²) in [6.07, 6.45) is 8.66. The number of hydrogen-bond donors (Lipinski definition) is 1. The average molecular weight is 436 g/mol. The molecule has 2 aromatic rings. The van der Waals surface area contributed by atoms with Gasteiger partial charge in [-0.05, 0) is 76.2 Å². The van der Waals surface area contributed by atoms with E-state index in [0.29, 0.717) is 11.3 Å². The minimum atomic E-state index is -1.24. The Balaban J connectivity index is 2.27.